The van der Waals surface area contributed by atoms with Crippen LogP contribution in [-0.4, -0.2) is 11.3 Å². The molecule has 2 N–H and O–H groups in total. The monoisotopic (exact) mass is 245 g/mol. The van der Waals surface area contributed by atoms with Gasteiger partial charge in [-0.3, -0.25) is 4.79 Å². The fraction of sp³-hybridized carbons (Fsp3) is 0.364. The van der Waals surface area contributed by atoms with E-state index < -0.39 is 5.54 Å². The van der Waals surface area contributed by atoms with Crippen molar-refractivity contribution in [2.75, 3.05) is 0 Å². The van der Waals surface area contributed by atoms with E-state index in [-0.39, 0.29) is 5.78 Å². The molecule has 4 heteroatoms. The Morgan fingerprint density at radius 1 is 1.33 bits per heavy atom. The minimum Gasteiger partial charge on any atom is -0.319 e. The third-order valence-corrected chi connectivity index (χ3v) is 2.81. The molecule has 82 valence electrons. The summed E-state index contributed by atoms with van der Waals surface area (Å²) in [6.45, 7) is 3.56. The maximum atomic E-state index is 12.0. The fourth-order valence-electron chi connectivity index (χ4n) is 1.18. The van der Waals surface area contributed by atoms with E-state index in [4.69, 9.17) is 28.9 Å². The van der Waals surface area contributed by atoms with E-state index in [2.05, 4.69) is 0 Å². The van der Waals surface area contributed by atoms with Crippen LogP contribution in [0, 0.1) is 0 Å². The third-order valence-electron chi connectivity index (χ3n) is 2.38. The van der Waals surface area contributed by atoms with Gasteiger partial charge in [0.1, 0.15) is 0 Å². The lowest BCUT2D eigenvalue weighted by molar-refractivity contribution is 0.0898. The molecule has 0 spiro atoms. The average Bonchev–Trinajstić information content (AvgIpc) is 2.15. The number of carbonyl (C=O) groups is 1. The van der Waals surface area contributed by atoms with Crippen molar-refractivity contribution in [3.05, 3.63) is 33.8 Å². The first-order valence-corrected chi connectivity index (χ1v) is 5.42. The summed E-state index contributed by atoms with van der Waals surface area (Å²) in [6.07, 6.45) is 0.565. The third kappa shape index (κ3) is 2.94. The molecule has 0 aliphatic heterocycles. The van der Waals surface area contributed by atoms with Gasteiger partial charge in [-0.05, 0) is 31.5 Å². The quantitative estimate of drug-likeness (QED) is 0.831. The van der Waals surface area contributed by atoms with Crippen molar-refractivity contribution in [1.29, 1.82) is 0 Å². The second-order valence-corrected chi connectivity index (χ2v) is 4.63. The summed E-state index contributed by atoms with van der Waals surface area (Å²) in [6, 6.07) is 4.74. The van der Waals surface area contributed by atoms with Crippen molar-refractivity contribution in [3.63, 3.8) is 0 Å². The fourth-order valence-corrected chi connectivity index (χ4v) is 1.70. The van der Waals surface area contributed by atoms with E-state index in [9.17, 15) is 4.79 Å². The van der Waals surface area contributed by atoms with Gasteiger partial charge in [0.15, 0.2) is 5.78 Å². The van der Waals surface area contributed by atoms with Crippen LogP contribution in [0.25, 0.3) is 0 Å². The molecule has 0 aliphatic rings. The van der Waals surface area contributed by atoms with Crippen LogP contribution in [0.3, 0.4) is 0 Å². The van der Waals surface area contributed by atoms with Crippen LogP contribution in [0.2, 0.25) is 10.0 Å². The Hall–Kier alpha value is -0.570. The highest BCUT2D eigenvalue weighted by atomic mass is 35.5. The molecule has 0 heterocycles. The van der Waals surface area contributed by atoms with Crippen molar-refractivity contribution >= 4 is 29.0 Å². The van der Waals surface area contributed by atoms with Gasteiger partial charge in [0.2, 0.25) is 0 Å². The van der Waals surface area contributed by atoms with Crippen molar-refractivity contribution in [3.8, 4) is 0 Å². The Morgan fingerprint density at radius 3 is 2.20 bits per heavy atom. The maximum absolute atomic E-state index is 12.0. The number of hydrogen-bond acceptors (Lipinski definition) is 2. The van der Waals surface area contributed by atoms with Crippen LogP contribution >= 0.6 is 23.2 Å². The van der Waals surface area contributed by atoms with Crippen LogP contribution in [0.15, 0.2) is 18.2 Å². The number of carbonyl (C=O) groups excluding carboxylic acids is 1. The number of Topliss-reactive ketones (excluding diaryl/α,β-unsaturated/α-hetero) is 1. The van der Waals surface area contributed by atoms with Gasteiger partial charge in [-0.2, -0.15) is 0 Å². The second kappa shape index (κ2) is 4.52. The smallest absolute Gasteiger partial charge is 0.182 e. The van der Waals surface area contributed by atoms with E-state index in [0.717, 1.165) is 0 Å². The summed E-state index contributed by atoms with van der Waals surface area (Å²) in [4.78, 5) is 12.0. The van der Waals surface area contributed by atoms with E-state index in [0.29, 0.717) is 22.0 Å². The Kier molecular flexibility index (Phi) is 3.77. The molecule has 0 amide bonds. The van der Waals surface area contributed by atoms with Gasteiger partial charge < -0.3 is 5.73 Å². The SMILES string of the molecule is CCC(C)(N)C(=O)c1cc(Cl)cc(Cl)c1. The van der Waals surface area contributed by atoms with Gasteiger partial charge in [-0.25, -0.2) is 0 Å². The molecule has 0 saturated heterocycles. The molecule has 15 heavy (non-hydrogen) atoms. The number of rotatable bonds is 3. The predicted octanol–water partition coefficient (Wildman–Crippen LogP) is 3.30. The van der Waals surface area contributed by atoms with Crippen LogP contribution in [0.1, 0.15) is 30.6 Å². The van der Waals surface area contributed by atoms with E-state index in [1.165, 1.54) is 0 Å². The number of nitrogens with two attached hydrogens (primary N) is 1. The number of halogens is 2. The van der Waals surface area contributed by atoms with Crippen LogP contribution in [-0.2, 0) is 0 Å². The minimum atomic E-state index is -0.867. The summed E-state index contributed by atoms with van der Waals surface area (Å²) in [5.41, 5.74) is 5.45. The standard InChI is InChI=1S/C11H13Cl2NO/c1-3-11(2,14)10(15)7-4-8(12)6-9(13)5-7/h4-6H,3,14H2,1-2H3. The van der Waals surface area contributed by atoms with E-state index >= 15 is 0 Å². The topological polar surface area (TPSA) is 43.1 Å². The lowest BCUT2D eigenvalue weighted by atomic mass is 9.90. The summed E-state index contributed by atoms with van der Waals surface area (Å²) in [5, 5.41) is 0.885. The van der Waals surface area contributed by atoms with Crippen molar-refractivity contribution in [2.45, 2.75) is 25.8 Å². The van der Waals surface area contributed by atoms with E-state index in [1.54, 1.807) is 25.1 Å². The molecule has 1 rings (SSSR count). The first kappa shape index (κ1) is 12.5. The van der Waals surface area contributed by atoms with Gasteiger partial charge in [0.05, 0.1) is 5.54 Å². The Morgan fingerprint density at radius 2 is 1.80 bits per heavy atom. The highest BCUT2D eigenvalue weighted by Crippen LogP contribution is 2.22. The molecule has 1 aromatic carbocycles. The number of ketones is 1. The van der Waals surface area contributed by atoms with Crippen LogP contribution in [0.5, 0.6) is 0 Å². The molecule has 1 unspecified atom stereocenters. The van der Waals surface area contributed by atoms with Gasteiger partial charge in [0, 0.05) is 15.6 Å². The molecule has 0 aliphatic carbocycles. The summed E-state index contributed by atoms with van der Waals surface area (Å²) in [7, 11) is 0. The molecule has 0 bridgehead atoms. The molecule has 1 aromatic rings. The summed E-state index contributed by atoms with van der Waals surface area (Å²) >= 11 is 11.6. The normalized spacial score (nSPS) is 14.7. The highest BCUT2D eigenvalue weighted by Gasteiger charge is 2.27. The van der Waals surface area contributed by atoms with Gasteiger partial charge in [0.25, 0.3) is 0 Å². The molecule has 2 nitrogen and oxygen atoms in total. The molecule has 1 atom stereocenters. The Bertz CT molecular complexity index is 368. The molecule has 0 fully saturated rings. The summed E-state index contributed by atoms with van der Waals surface area (Å²) in [5.74, 6) is -0.144. The van der Waals surface area contributed by atoms with E-state index in [1.807, 2.05) is 6.92 Å². The van der Waals surface area contributed by atoms with Crippen LogP contribution < -0.4 is 5.73 Å². The van der Waals surface area contributed by atoms with Crippen molar-refractivity contribution in [1.82, 2.24) is 0 Å². The number of benzene rings is 1. The zero-order valence-electron chi connectivity index (χ0n) is 8.68. The molecule has 0 saturated carbocycles. The maximum Gasteiger partial charge on any atom is 0.182 e. The molecule has 0 aromatic heterocycles. The molecular weight excluding hydrogens is 233 g/mol. The average molecular weight is 246 g/mol. The highest BCUT2D eigenvalue weighted by molar-refractivity contribution is 6.35. The van der Waals surface area contributed by atoms with Gasteiger partial charge in [-0.15, -0.1) is 0 Å². The Balaban J connectivity index is 3.12. The van der Waals surface area contributed by atoms with Crippen molar-refractivity contribution in [2.24, 2.45) is 5.73 Å². The zero-order chi connectivity index (χ0) is 11.6. The summed E-state index contributed by atoms with van der Waals surface area (Å²) < 4.78 is 0. The minimum absolute atomic E-state index is 0.144. The van der Waals surface area contributed by atoms with Crippen molar-refractivity contribution < 1.29 is 4.79 Å². The van der Waals surface area contributed by atoms with Crippen LogP contribution in [0.4, 0.5) is 0 Å². The van der Waals surface area contributed by atoms with Gasteiger partial charge >= 0.3 is 0 Å². The number of hydrogen-bond donors (Lipinski definition) is 1. The predicted molar refractivity (Wildman–Crippen MR) is 63.7 cm³/mol. The first-order chi connectivity index (χ1) is 6.86. The molecule has 0 radical (unpaired) electrons. The largest absolute Gasteiger partial charge is 0.319 e. The lowest BCUT2D eigenvalue weighted by Gasteiger charge is -2.21. The zero-order valence-corrected chi connectivity index (χ0v) is 10.2. The first-order valence-electron chi connectivity index (χ1n) is 4.66. The Labute approximate surface area is 99.4 Å². The second-order valence-electron chi connectivity index (χ2n) is 3.76. The molecular formula is C11H13Cl2NO. The van der Waals surface area contributed by atoms with Gasteiger partial charge in [-0.1, -0.05) is 30.1 Å². The lowest BCUT2D eigenvalue weighted by Crippen LogP contribution is -2.44.